The number of thiazole rings is 1. The van der Waals surface area contributed by atoms with Crippen LogP contribution in [0.3, 0.4) is 0 Å². The van der Waals surface area contributed by atoms with E-state index in [0.29, 0.717) is 110 Å². The third kappa shape index (κ3) is 21.1. The summed E-state index contributed by atoms with van der Waals surface area (Å²) in [4.78, 5) is 181. The molecule has 0 saturated carbocycles. The number of thioether (sulfide) groups is 5. The molecule has 7 N–H and O–H groups in total. The van der Waals surface area contributed by atoms with Gasteiger partial charge in [-0.15, -0.1) is 23.1 Å². The van der Waals surface area contributed by atoms with E-state index in [1.807, 2.05) is 31.2 Å². The van der Waals surface area contributed by atoms with Gasteiger partial charge in [0, 0.05) is 30.4 Å². The Morgan fingerprint density at radius 1 is 0.595 bits per heavy atom. The average Bonchev–Trinajstić information content (AvgIpc) is 1.64. The van der Waals surface area contributed by atoms with Crippen molar-refractivity contribution >= 4 is 274 Å². The number of carbonyl (C=O) groups is 13. The van der Waals surface area contributed by atoms with Gasteiger partial charge in [-0.2, -0.15) is 15.3 Å². The number of hydrogen-bond donors (Lipinski definition) is 7. The molecule has 16 rings (SSSR count). The standard InChI is InChI=1S/C15H15N3O5S4.C11H10N2O3.C11H7NO4S.C10H5Cl2N3O2.C10H7N3O2.C10H10N2O4S3.C8H5N3O3S/c1-3-16-11(22)9(13-18(5-8(20)21)7(19)6-25-13)26-14(16)10-12(23)17(4-2)15(24)27-10;1-7-6-10(14)13(12-7)9-4-2-8(3-5-9)11(15)16;1-12-10(11(13)14)8-6-17(15,16)9-5-3-2-4-7(8)9;11-4-1-5(12)9-6(2-4)13-8-3-7(10(16)17)14-15(8)9;14-10(15)7-5-9-11-6-3-1-2-4-8(6)13(9)12-7;1-2-11-8(16)7(19-10(11)17)9-12(3-6(14)15)5(13)4-18-9;1-10-5(2-9)8-11(3-7(13)14)6(12)4-15-8/h3-6H2,1-2H3,(H,20,21);2-5H,6H2,1H3,(H,15,16);2-5H,6H2,(H,13,14);1-2H,3H2,(H,16,17);1-4H,5H2,(H,14,15);2-4H2,1H3,(H,14,15);3-4H2,(H,13,14)/b13-9+,14-10-;;10-8+;;;9-7+;8-5-. The van der Waals surface area contributed by atoms with Crippen LogP contribution < -0.4 is 19.8 Å². The lowest BCUT2D eigenvalue weighted by atomic mass is 10.1. The molecule has 4 aromatic carbocycles. The van der Waals surface area contributed by atoms with Gasteiger partial charge in [0.25, 0.3) is 34.7 Å². The molecule has 0 bridgehead atoms. The number of hydrogen-bond acceptors (Lipinski definition) is 30. The molecule has 12 heterocycles. The van der Waals surface area contributed by atoms with Crippen molar-refractivity contribution < 1.29 is 106 Å². The van der Waals surface area contributed by atoms with E-state index in [2.05, 4.69) is 35.0 Å². The number of carboxylic acid groups (broad SMARTS) is 7. The maximum absolute atomic E-state index is 12.9. The number of amides is 6. The quantitative estimate of drug-likeness (QED) is 0.0270. The van der Waals surface area contributed by atoms with E-state index in [9.17, 15) is 75.5 Å². The largest absolute Gasteiger partial charge is 0.486 e. The Kier molecular flexibility index (Phi) is 31.0. The number of likely N-dealkylation sites (N-methyl/N-ethyl adjacent to an activating group) is 1. The first kappa shape index (κ1) is 95.5. The minimum atomic E-state index is -3.51. The van der Waals surface area contributed by atoms with Crippen LogP contribution in [0.15, 0.2) is 136 Å². The Morgan fingerprint density at radius 3 is 1.65 bits per heavy atom. The van der Waals surface area contributed by atoms with Gasteiger partial charge in [0.05, 0.1) is 109 Å². The molecule has 126 heavy (non-hydrogen) atoms. The summed E-state index contributed by atoms with van der Waals surface area (Å²) < 4.78 is 29.7. The van der Waals surface area contributed by atoms with Crippen molar-refractivity contribution in [1.29, 1.82) is 5.26 Å². The number of fused-ring (bicyclic) bond motifs is 7. The number of para-hydroxylation sites is 2. The summed E-state index contributed by atoms with van der Waals surface area (Å²) in [6.07, 6.45) is 0.808. The number of imidazole rings is 2. The highest BCUT2D eigenvalue weighted by molar-refractivity contribution is 8.30. The summed E-state index contributed by atoms with van der Waals surface area (Å²) in [5.74, 6) is -8.38. The van der Waals surface area contributed by atoms with Crippen molar-refractivity contribution in [2.75, 3.05) is 60.7 Å². The number of carboxylic acids is 7. The van der Waals surface area contributed by atoms with Crippen molar-refractivity contribution in [2.45, 2.75) is 58.4 Å². The first-order chi connectivity index (χ1) is 59.7. The molecule has 40 nitrogen and oxygen atoms in total. The molecule has 0 aliphatic carbocycles. The third-order valence-corrected chi connectivity index (χ3v) is 27.6. The molecule has 9 aliphatic heterocycles. The lowest BCUT2D eigenvalue weighted by Gasteiger charge is -2.15. The average molecular weight is 1930 g/mol. The molecule has 6 amide bonds. The van der Waals surface area contributed by atoms with Gasteiger partial charge in [-0.1, -0.05) is 125 Å². The number of halogens is 2. The van der Waals surface area contributed by atoms with Crippen LogP contribution in [0, 0.1) is 24.5 Å². The number of aromatic carboxylic acids is 1. The van der Waals surface area contributed by atoms with E-state index in [1.165, 1.54) is 60.1 Å². The smallest absolute Gasteiger partial charge is 0.352 e. The summed E-state index contributed by atoms with van der Waals surface area (Å²) >= 11 is 28.9. The summed E-state index contributed by atoms with van der Waals surface area (Å²) in [5, 5.41) is 85.4. The summed E-state index contributed by atoms with van der Waals surface area (Å²) in [5.41, 5.74) is 3.91. The van der Waals surface area contributed by atoms with Gasteiger partial charge < -0.3 is 40.6 Å². The highest BCUT2D eigenvalue weighted by Crippen LogP contribution is 2.43. The first-order valence-electron chi connectivity index (χ1n) is 35.8. The van der Waals surface area contributed by atoms with Gasteiger partial charge in [-0.05, 0) is 93.4 Å². The van der Waals surface area contributed by atoms with Gasteiger partial charge in [-0.3, -0.25) is 76.9 Å². The molecular formula is C75H59Cl2N17O23S9. The number of carbonyl (C=O) groups excluding carboxylic acids is 6. The van der Waals surface area contributed by atoms with Gasteiger partial charge in [0.15, 0.2) is 21.3 Å². The topological polar surface area (TPSA) is 544 Å². The molecule has 51 heteroatoms. The molecule has 7 aromatic rings. The van der Waals surface area contributed by atoms with Gasteiger partial charge >= 0.3 is 41.8 Å². The number of allylic oxidation sites excluding steroid dienone is 1. The Morgan fingerprint density at radius 2 is 1.12 bits per heavy atom. The zero-order valence-electron chi connectivity index (χ0n) is 65.0. The third-order valence-electron chi connectivity index (χ3n) is 17.7. The second kappa shape index (κ2) is 40.9. The Hall–Kier alpha value is -12.7. The molecule has 650 valence electrons. The van der Waals surface area contributed by atoms with Crippen LogP contribution in [-0.2, 0) is 86.8 Å². The number of aliphatic carboxylic acids is 6. The number of rotatable bonds is 14. The van der Waals surface area contributed by atoms with E-state index >= 15 is 0 Å². The molecule has 0 unspecified atom stereocenters. The number of nitriles is 1. The van der Waals surface area contributed by atoms with Crippen LogP contribution >= 0.6 is 118 Å². The Labute approximate surface area is 755 Å². The van der Waals surface area contributed by atoms with Crippen LogP contribution in [0.4, 0.5) is 5.69 Å². The highest BCUT2D eigenvalue weighted by Gasteiger charge is 2.42. The molecule has 9 aliphatic rings. The van der Waals surface area contributed by atoms with Crippen molar-refractivity contribution in [3.05, 3.63) is 186 Å². The van der Waals surface area contributed by atoms with E-state index in [4.69, 9.17) is 102 Å². The van der Waals surface area contributed by atoms with Gasteiger partial charge in [-0.25, -0.2) is 62.1 Å². The number of thiocarbonyl (C=S) groups is 2. The molecule has 5 fully saturated rings. The van der Waals surface area contributed by atoms with Crippen molar-refractivity contribution in [3.63, 3.8) is 0 Å². The number of benzene rings is 4. The van der Waals surface area contributed by atoms with Gasteiger partial charge in [0.1, 0.15) is 69.5 Å². The maximum Gasteiger partial charge on any atom is 0.352 e. The van der Waals surface area contributed by atoms with E-state index in [0.717, 1.165) is 89.8 Å². The van der Waals surface area contributed by atoms with Crippen molar-refractivity contribution in [1.82, 2.24) is 48.4 Å². The normalized spacial score (nSPS) is 18.5. The molecule has 3 aromatic heterocycles. The van der Waals surface area contributed by atoms with Crippen LogP contribution in [0.1, 0.15) is 61.7 Å². The zero-order valence-corrected chi connectivity index (χ0v) is 73.8. The molecule has 0 radical (unpaired) electrons. The maximum atomic E-state index is 12.9. The lowest BCUT2D eigenvalue weighted by Crippen LogP contribution is -2.37. The Balaban J connectivity index is 0.000000155. The monoisotopic (exact) mass is 1920 g/mol. The minimum Gasteiger partial charge on any atom is -0.486 e. The minimum absolute atomic E-state index is 0.0559. The predicted molar refractivity (Wildman–Crippen MR) is 473 cm³/mol. The van der Waals surface area contributed by atoms with Crippen molar-refractivity contribution in [3.8, 4) is 6.07 Å². The summed E-state index contributed by atoms with van der Waals surface area (Å²) in [6, 6.07) is 24.6. The SMILES string of the molecule is CC1=NN(c2ccc(C(=O)O)cc2)C(=O)C1.CCN1C(=O)/C(=C2\SCC(=O)N2CC(=O)O)SC1=S.CCN1C(=O)/C(=c2/s/c(=C3/SCC(=O)N3CC(=O)O)c(=O)n2CC)SC1=S.O=C(O)C1=Nn2c(nc3cc(Cl)cc(Cl)c32)C1.O=C(O)C1=Nn2c(nc3ccccc32)C1.[C-]#[N+]/C(C#N)=C1\SCC(=O)N1CC(=O)O.[C-]#[N+]/C(C(=O)O)=C1\CS(=O)(=O)c2ccccc21. The number of aromatic nitrogens is 5. The molecule has 5 saturated heterocycles. The number of anilines is 1. The fraction of sp³-hybridized carbons (Fsp3) is 0.227. The second-order valence-corrected chi connectivity index (χ2v) is 35.8. The fourth-order valence-corrected chi connectivity index (χ4v) is 21.9. The summed E-state index contributed by atoms with van der Waals surface area (Å²) in [6.45, 7) is 20.5. The number of hydrazone groups is 1. The molecule has 0 spiro atoms. The Bertz CT molecular complexity index is 6600. The van der Waals surface area contributed by atoms with Crippen LogP contribution in [0.2, 0.25) is 10.0 Å². The van der Waals surface area contributed by atoms with Crippen molar-refractivity contribution in [2.24, 2.45) is 15.3 Å². The van der Waals surface area contributed by atoms with Gasteiger partial charge in [0.2, 0.25) is 17.7 Å². The molecule has 0 atom stereocenters. The fourth-order valence-electron chi connectivity index (χ4n) is 12.2. The van der Waals surface area contributed by atoms with E-state index < -0.39 is 88.6 Å². The number of sulfone groups is 1. The highest BCUT2D eigenvalue weighted by atomic mass is 35.5. The predicted octanol–water partition coefficient (Wildman–Crippen LogP) is 6.35. The lowest BCUT2D eigenvalue weighted by molar-refractivity contribution is -0.141. The number of nitrogens with zero attached hydrogens (tertiary/aromatic N) is 17. The van der Waals surface area contributed by atoms with Crippen LogP contribution in [0.5, 0.6) is 0 Å². The second-order valence-electron chi connectivity index (χ2n) is 25.8. The van der Waals surface area contributed by atoms with E-state index in [-0.39, 0.29) is 101 Å². The van der Waals surface area contributed by atoms with Crippen LogP contribution in [0.25, 0.3) is 47.3 Å². The first-order valence-corrected chi connectivity index (χ1v) is 44.4. The molecular weight excluding hydrogens is 1870 g/mol. The zero-order chi connectivity index (χ0) is 92.4. The van der Waals surface area contributed by atoms with E-state index in [1.54, 1.807) is 67.9 Å². The summed E-state index contributed by atoms with van der Waals surface area (Å²) in [7, 11) is -3.51. The van der Waals surface area contributed by atoms with Crippen LogP contribution in [-0.4, -0.2) is 251 Å².